The summed E-state index contributed by atoms with van der Waals surface area (Å²) in [7, 11) is 0. The van der Waals surface area contributed by atoms with Crippen molar-refractivity contribution in [3.63, 3.8) is 0 Å². The number of fused-ring (bicyclic) bond motifs is 4. The van der Waals surface area contributed by atoms with Crippen molar-refractivity contribution < 1.29 is 0 Å². The minimum absolute atomic E-state index is 0.397. The van der Waals surface area contributed by atoms with Crippen LogP contribution in [0.3, 0.4) is 0 Å². The second kappa shape index (κ2) is 25.8. The topological polar surface area (TPSA) is 120 Å². The quantitative estimate of drug-likeness (QED) is 0.107. The van der Waals surface area contributed by atoms with Gasteiger partial charge in [0, 0.05) is 38.4 Å². The zero-order valence-corrected chi connectivity index (χ0v) is 53.9. The summed E-state index contributed by atoms with van der Waals surface area (Å²) >= 11 is 0. The van der Waals surface area contributed by atoms with Crippen molar-refractivity contribution in [3.05, 3.63) is 349 Å². The SMILES string of the molecule is C=Cc1c(/C=C(\C)c2ccccc2)c2cc(-c3ccccc3)ccc2n1-c1cc(-c2cccc(C#N)c2)ccc1-c1nc(-c2cccc(-c3cccc(C#N)c3)c2)nc(-c2ccc(-c3cccc(C#N)c3)cc2-n2c3ccc(-c4ccccc4)cc3c3cc(-c4ccccc4)ccc32)n1. The molecule has 0 saturated heterocycles. The van der Waals surface area contributed by atoms with Crippen LogP contribution in [-0.2, 0) is 0 Å². The Balaban J connectivity index is 1.00. The summed E-state index contributed by atoms with van der Waals surface area (Å²) in [5, 5.41) is 33.8. The number of benzene rings is 13. The lowest BCUT2D eigenvalue weighted by atomic mass is 9.99. The lowest BCUT2D eigenvalue weighted by Gasteiger charge is -2.19. The molecular formula is C91H58N8. The van der Waals surface area contributed by atoms with E-state index in [2.05, 4.69) is 241 Å². The molecule has 16 aromatic rings. The van der Waals surface area contributed by atoms with E-state index in [0.717, 1.165) is 144 Å². The summed E-state index contributed by atoms with van der Waals surface area (Å²) in [6.07, 6.45) is 4.20. The van der Waals surface area contributed by atoms with Crippen molar-refractivity contribution in [3.8, 4) is 131 Å². The van der Waals surface area contributed by atoms with E-state index in [1.807, 2.05) is 121 Å². The predicted octanol–water partition coefficient (Wildman–Crippen LogP) is 22.7. The van der Waals surface area contributed by atoms with Crippen molar-refractivity contribution >= 4 is 50.4 Å². The van der Waals surface area contributed by atoms with Crippen LogP contribution < -0.4 is 0 Å². The van der Waals surface area contributed by atoms with Gasteiger partial charge in [0.05, 0.1) is 68.5 Å². The first-order chi connectivity index (χ1) is 48.8. The summed E-state index contributed by atoms with van der Waals surface area (Å²) < 4.78 is 4.61. The summed E-state index contributed by atoms with van der Waals surface area (Å²) in [6.45, 7) is 6.73. The molecule has 0 N–H and O–H groups in total. The summed E-state index contributed by atoms with van der Waals surface area (Å²) in [5.41, 5.74) is 24.0. The van der Waals surface area contributed by atoms with Crippen LogP contribution in [0.5, 0.6) is 0 Å². The van der Waals surface area contributed by atoms with Crippen LogP contribution in [-0.4, -0.2) is 24.1 Å². The zero-order chi connectivity index (χ0) is 66.9. The van der Waals surface area contributed by atoms with Crippen LogP contribution in [0.15, 0.2) is 316 Å². The molecule has 3 aromatic heterocycles. The molecule has 0 spiro atoms. The second-order valence-corrected chi connectivity index (χ2v) is 24.6. The Morgan fingerprint density at radius 2 is 0.667 bits per heavy atom. The van der Waals surface area contributed by atoms with E-state index in [-0.39, 0.29) is 0 Å². The fourth-order valence-corrected chi connectivity index (χ4v) is 13.7. The molecule has 0 bridgehead atoms. The average Bonchev–Trinajstić information content (AvgIpc) is 1.55. The Bertz CT molecular complexity index is 5940. The number of nitrogens with zero attached hydrogens (tertiary/aromatic N) is 8. The largest absolute Gasteiger partial charge is 0.309 e. The number of hydrogen-bond donors (Lipinski definition) is 0. The van der Waals surface area contributed by atoms with Crippen LogP contribution >= 0.6 is 0 Å². The lowest BCUT2D eigenvalue weighted by Crippen LogP contribution is -2.06. The van der Waals surface area contributed by atoms with Gasteiger partial charge in [-0.05, 0) is 200 Å². The van der Waals surface area contributed by atoms with Gasteiger partial charge in [-0.2, -0.15) is 15.8 Å². The van der Waals surface area contributed by atoms with Gasteiger partial charge >= 0.3 is 0 Å². The van der Waals surface area contributed by atoms with Crippen LogP contribution in [0.25, 0.3) is 163 Å². The van der Waals surface area contributed by atoms with Gasteiger partial charge < -0.3 is 9.13 Å². The molecule has 0 unspecified atom stereocenters. The highest BCUT2D eigenvalue weighted by atomic mass is 15.1. The monoisotopic (exact) mass is 1260 g/mol. The van der Waals surface area contributed by atoms with Gasteiger partial charge in [0.15, 0.2) is 17.5 Å². The standard InChI is InChI=1S/C91H58N8/c1-3-83-79(46-59(2)63-23-8-4-9-24-63)80-51-71(64-25-10-5-11-26-64)38-43-84(80)98(83)87-54-74(68-32-17-21-61(48-68)57-93)36-41-77(87)90-95-89(76-35-19-34-70(50-76)67-31-16-20-60(47-67)56-92)96-91(97-90)78-42-37-75(69-33-18-22-62(49-69)58-94)55-88(78)99-85-44-39-72(65-27-12-6-13-28-65)52-81(85)82-53-73(40-45-86(82)99)66-29-14-7-15-30-66/h3-55H,1H2,2H3/b59-46+. The molecule has 13 aromatic carbocycles. The zero-order valence-electron chi connectivity index (χ0n) is 53.9. The highest BCUT2D eigenvalue weighted by molar-refractivity contribution is 6.12. The Morgan fingerprint density at radius 3 is 1.11 bits per heavy atom. The highest BCUT2D eigenvalue weighted by Gasteiger charge is 2.26. The number of allylic oxidation sites excluding steroid dienone is 1. The first-order valence-corrected chi connectivity index (χ1v) is 32.7. The fraction of sp³-hybridized carbons (Fsp3) is 0.0110. The van der Waals surface area contributed by atoms with Crippen LogP contribution in [0.1, 0.15) is 40.4 Å². The van der Waals surface area contributed by atoms with Gasteiger partial charge in [-0.3, -0.25) is 0 Å². The van der Waals surface area contributed by atoms with Crippen LogP contribution in [0.4, 0.5) is 0 Å². The average molecular weight is 1260 g/mol. The number of aromatic nitrogens is 5. The van der Waals surface area contributed by atoms with Gasteiger partial charge in [-0.25, -0.2) is 15.0 Å². The predicted molar refractivity (Wildman–Crippen MR) is 404 cm³/mol. The minimum Gasteiger partial charge on any atom is -0.309 e. The molecule has 0 radical (unpaired) electrons. The normalized spacial score (nSPS) is 11.4. The van der Waals surface area contributed by atoms with Gasteiger partial charge in [0.1, 0.15) is 0 Å². The third-order valence-corrected chi connectivity index (χ3v) is 18.6. The Hall–Kier alpha value is -13.8. The van der Waals surface area contributed by atoms with E-state index in [1.165, 1.54) is 0 Å². The van der Waals surface area contributed by atoms with Crippen molar-refractivity contribution in [2.45, 2.75) is 6.92 Å². The Labute approximate surface area is 573 Å². The van der Waals surface area contributed by atoms with Gasteiger partial charge in [-0.15, -0.1) is 0 Å². The molecule has 0 atom stereocenters. The Morgan fingerprint density at radius 1 is 0.323 bits per heavy atom. The molecule has 99 heavy (non-hydrogen) atoms. The molecule has 0 amide bonds. The molecule has 8 nitrogen and oxygen atoms in total. The van der Waals surface area contributed by atoms with Gasteiger partial charge in [-0.1, -0.05) is 213 Å². The van der Waals surface area contributed by atoms with E-state index in [9.17, 15) is 15.8 Å². The smallest absolute Gasteiger partial charge is 0.166 e. The maximum Gasteiger partial charge on any atom is 0.166 e. The first-order valence-electron chi connectivity index (χ1n) is 32.7. The van der Waals surface area contributed by atoms with Crippen molar-refractivity contribution in [2.75, 3.05) is 0 Å². The van der Waals surface area contributed by atoms with Gasteiger partial charge in [0.25, 0.3) is 0 Å². The lowest BCUT2D eigenvalue weighted by molar-refractivity contribution is 1.05. The molecule has 8 heteroatoms. The number of rotatable bonds is 14. The molecule has 0 aliphatic heterocycles. The summed E-state index contributed by atoms with van der Waals surface area (Å²) in [5.74, 6) is 1.22. The van der Waals surface area contributed by atoms with Gasteiger partial charge in [0.2, 0.25) is 0 Å². The van der Waals surface area contributed by atoms with Crippen LogP contribution in [0, 0.1) is 34.0 Å². The minimum atomic E-state index is 0.397. The molecule has 0 saturated carbocycles. The molecule has 3 heterocycles. The third-order valence-electron chi connectivity index (χ3n) is 18.6. The summed E-state index contributed by atoms with van der Waals surface area (Å²) in [4.78, 5) is 17.0. The molecular weight excluding hydrogens is 1210 g/mol. The van der Waals surface area contributed by atoms with E-state index < -0.39 is 0 Å². The molecule has 16 rings (SSSR count). The highest BCUT2D eigenvalue weighted by Crippen LogP contribution is 2.44. The molecule has 0 fully saturated rings. The summed E-state index contributed by atoms with van der Waals surface area (Å²) in [6, 6.07) is 113. The fourth-order valence-electron chi connectivity index (χ4n) is 13.7. The van der Waals surface area contributed by atoms with E-state index in [0.29, 0.717) is 39.7 Å². The van der Waals surface area contributed by atoms with E-state index in [1.54, 1.807) is 0 Å². The third kappa shape index (κ3) is 11.4. The Kier molecular flexibility index (Phi) is 15.7. The molecule has 0 aliphatic carbocycles. The van der Waals surface area contributed by atoms with E-state index >= 15 is 0 Å². The van der Waals surface area contributed by atoms with E-state index in [4.69, 9.17) is 15.0 Å². The van der Waals surface area contributed by atoms with Crippen molar-refractivity contribution in [1.82, 2.24) is 24.1 Å². The number of hydrogen-bond acceptors (Lipinski definition) is 6. The maximum atomic E-state index is 10.3. The molecule has 462 valence electrons. The van der Waals surface area contributed by atoms with Crippen molar-refractivity contribution in [1.29, 1.82) is 15.8 Å². The van der Waals surface area contributed by atoms with Crippen LogP contribution in [0.2, 0.25) is 0 Å². The maximum absolute atomic E-state index is 10.3. The first kappa shape index (κ1) is 60.1. The molecule has 0 aliphatic rings. The second-order valence-electron chi connectivity index (χ2n) is 24.6. The van der Waals surface area contributed by atoms with Crippen molar-refractivity contribution in [2.24, 2.45) is 0 Å². The number of nitriles is 3.